The summed E-state index contributed by atoms with van der Waals surface area (Å²) in [6, 6.07) is 0. The summed E-state index contributed by atoms with van der Waals surface area (Å²) < 4.78 is 34.5. The molecule has 5 saturated carbocycles. The number of hydrogen-bond acceptors (Lipinski definition) is 14. The minimum atomic E-state index is -1.13. The summed E-state index contributed by atoms with van der Waals surface area (Å²) in [5.41, 5.74) is -1.12. The average molecular weight is 709 g/mol. The molecule has 0 amide bonds. The number of fused-ring (bicyclic) bond motifs is 3. The molecule has 2 aliphatic heterocycles. The lowest BCUT2D eigenvalue weighted by Gasteiger charge is -2.35. The molecule has 7 aliphatic rings. The van der Waals surface area contributed by atoms with Crippen LogP contribution in [0.5, 0.6) is 0 Å². The van der Waals surface area contributed by atoms with Crippen molar-refractivity contribution in [3.63, 3.8) is 0 Å². The molecule has 7 rings (SSSR count). The summed E-state index contributed by atoms with van der Waals surface area (Å²) in [6.07, 6.45) is 5.41. The zero-order chi connectivity index (χ0) is 34.0. The van der Waals surface area contributed by atoms with E-state index in [1.165, 1.54) is 0 Å². The van der Waals surface area contributed by atoms with Crippen molar-refractivity contribution >= 4 is 57.4 Å². The second-order valence-electron chi connectivity index (χ2n) is 15.4. The van der Waals surface area contributed by atoms with E-state index in [-0.39, 0.29) is 29.3 Å². The Balaban J connectivity index is 0.884. The summed E-state index contributed by atoms with van der Waals surface area (Å²) in [5.74, 6) is -6.76. The van der Waals surface area contributed by atoms with Crippen molar-refractivity contribution in [2.75, 3.05) is 11.5 Å². The Bertz CT molecular complexity index is 1340. The third-order valence-electron chi connectivity index (χ3n) is 11.9. The van der Waals surface area contributed by atoms with E-state index in [1.807, 2.05) is 20.8 Å². The molecule has 48 heavy (non-hydrogen) atoms. The highest BCUT2D eigenvalue weighted by Crippen LogP contribution is 2.59. The van der Waals surface area contributed by atoms with E-state index >= 15 is 0 Å². The van der Waals surface area contributed by atoms with E-state index in [2.05, 4.69) is 0 Å². The van der Waals surface area contributed by atoms with Crippen molar-refractivity contribution < 1.29 is 57.2 Å². The first kappa shape index (κ1) is 34.0. The van der Waals surface area contributed by atoms with Crippen molar-refractivity contribution in [3.05, 3.63) is 0 Å². The van der Waals surface area contributed by atoms with E-state index in [9.17, 15) is 28.8 Å². The summed E-state index contributed by atoms with van der Waals surface area (Å²) in [4.78, 5) is 77.8. The number of esters is 6. The van der Waals surface area contributed by atoms with Gasteiger partial charge in [-0.25, -0.2) is 0 Å². The summed E-state index contributed by atoms with van der Waals surface area (Å²) in [6.45, 7) is 5.73. The normalized spacial score (nSPS) is 39.5. The first-order valence-electron chi connectivity index (χ1n) is 17.4. The fourth-order valence-corrected chi connectivity index (χ4v) is 11.2. The van der Waals surface area contributed by atoms with Gasteiger partial charge in [-0.3, -0.25) is 28.8 Å². The summed E-state index contributed by atoms with van der Waals surface area (Å²) in [7, 11) is 2.25. The summed E-state index contributed by atoms with van der Waals surface area (Å²) in [5, 5.41) is 0. The van der Waals surface area contributed by atoms with Crippen LogP contribution < -0.4 is 0 Å². The van der Waals surface area contributed by atoms with Crippen LogP contribution in [-0.2, 0) is 57.2 Å². The topological polar surface area (TPSA) is 158 Å². The molecule has 4 bridgehead atoms. The number of carbonyl (C=O) groups excluding carboxylic acids is 6. The molecule has 0 radical (unpaired) electrons. The van der Waals surface area contributed by atoms with Gasteiger partial charge in [0.25, 0.3) is 0 Å². The smallest absolute Gasteiger partial charge is 0.321 e. The predicted molar refractivity (Wildman–Crippen MR) is 170 cm³/mol. The molecule has 11 unspecified atom stereocenters. The highest BCUT2D eigenvalue weighted by atomic mass is 33.1. The Hall–Kier alpha value is -2.48. The Labute approximate surface area is 287 Å². The quantitative estimate of drug-likeness (QED) is 0.0999. The van der Waals surface area contributed by atoms with E-state index in [1.54, 1.807) is 0 Å². The van der Waals surface area contributed by atoms with Crippen molar-refractivity contribution in [1.29, 1.82) is 0 Å². The third kappa shape index (κ3) is 6.21. The predicted octanol–water partition coefficient (Wildman–Crippen LogP) is 3.95. The molecule has 5 aliphatic carbocycles. The lowest BCUT2D eigenvalue weighted by molar-refractivity contribution is -0.196. The fourth-order valence-electron chi connectivity index (χ4n) is 9.67. The van der Waals surface area contributed by atoms with Gasteiger partial charge in [0.1, 0.15) is 47.1 Å². The van der Waals surface area contributed by atoms with Gasteiger partial charge in [-0.05, 0) is 84.0 Å². The van der Waals surface area contributed by atoms with E-state index in [4.69, 9.17) is 28.4 Å². The molecular weight excluding hydrogens is 664 g/mol. The second kappa shape index (κ2) is 13.0. The first-order chi connectivity index (χ1) is 22.9. The van der Waals surface area contributed by atoms with Gasteiger partial charge >= 0.3 is 35.8 Å². The maximum absolute atomic E-state index is 13.3. The molecule has 0 aromatic carbocycles. The van der Waals surface area contributed by atoms with Crippen LogP contribution in [0.4, 0.5) is 0 Å². The molecule has 7 fully saturated rings. The largest absolute Gasteiger partial charge is 0.459 e. The molecule has 11 atom stereocenters. The van der Waals surface area contributed by atoms with E-state index in [0.717, 1.165) is 73.0 Å². The molecule has 0 N–H and O–H groups in total. The zero-order valence-corrected chi connectivity index (χ0v) is 29.2. The van der Waals surface area contributed by atoms with E-state index in [0.29, 0.717) is 12.8 Å². The van der Waals surface area contributed by atoms with Gasteiger partial charge in [0.05, 0.1) is 11.8 Å². The number of rotatable bonds is 11. The van der Waals surface area contributed by atoms with Crippen LogP contribution in [-0.4, -0.2) is 82.9 Å². The van der Waals surface area contributed by atoms with Gasteiger partial charge in [-0.1, -0.05) is 28.5 Å². The SMILES string of the molecule is CC1CC2C(C(=O)OC3(C)CCCC3)C(=O)OC1C2OC(=O)CSSCC(=O)OC1C2CC3C1OC(=O)C3C2C(=O)OC1(C)CCCC1. The van der Waals surface area contributed by atoms with Crippen LogP contribution >= 0.6 is 21.6 Å². The van der Waals surface area contributed by atoms with Crippen molar-refractivity contribution in [3.8, 4) is 0 Å². The molecule has 2 heterocycles. The molecule has 2 saturated heterocycles. The molecule has 0 aromatic rings. The third-order valence-corrected chi connectivity index (χ3v) is 14.0. The van der Waals surface area contributed by atoms with Gasteiger partial charge in [-0.2, -0.15) is 0 Å². The number of carbonyl (C=O) groups is 6. The van der Waals surface area contributed by atoms with Gasteiger partial charge in [0.2, 0.25) is 0 Å². The molecule has 264 valence electrons. The van der Waals surface area contributed by atoms with Gasteiger partial charge in [0, 0.05) is 17.8 Å². The van der Waals surface area contributed by atoms with Crippen LogP contribution in [0.15, 0.2) is 0 Å². The highest BCUT2D eigenvalue weighted by molar-refractivity contribution is 8.77. The van der Waals surface area contributed by atoms with E-state index < -0.39 is 95.1 Å². The maximum atomic E-state index is 13.3. The Morgan fingerprint density at radius 2 is 1.23 bits per heavy atom. The maximum Gasteiger partial charge on any atom is 0.321 e. The molecular formula is C34H44O12S2. The van der Waals surface area contributed by atoms with Crippen LogP contribution in [0.25, 0.3) is 0 Å². The van der Waals surface area contributed by atoms with Crippen LogP contribution in [0, 0.1) is 41.4 Å². The van der Waals surface area contributed by atoms with Crippen LogP contribution in [0.3, 0.4) is 0 Å². The van der Waals surface area contributed by atoms with Crippen LogP contribution in [0.1, 0.15) is 85.0 Å². The standard InChI is InChI=1S/C34H44O12S2/c1-16-12-17-24(32(40)46-34(3)10-6-7-11-34)30(38)43-25(16)26(17)41-20(35)14-47-48-15-21(36)42-27-19-13-18-22(29(37)44-28(18)27)23(19)31(39)45-33(2)8-4-5-9-33/h16-19,22-28H,4-15H2,1-3H3. The van der Waals surface area contributed by atoms with Crippen molar-refractivity contribution in [2.45, 2.75) is 121 Å². The zero-order valence-electron chi connectivity index (χ0n) is 27.6. The minimum Gasteiger partial charge on any atom is -0.459 e. The molecule has 12 nitrogen and oxygen atoms in total. The van der Waals surface area contributed by atoms with Gasteiger partial charge < -0.3 is 28.4 Å². The lowest BCUT2D eigenvalue weighted by atomic mass is 9.78. The molecule has 0 aromatic heterocycles. The number of hydrogen-bond donors (Lipinski definition) is 0. The van der Waals surface area contributed by atoms with Crippen LogP contribution in [0.2, 0.25) is 0 Å². The van der Waals surface area contributed by atoms with Gasteiger partial charge in [0.15, 0.2) is 5.92 Å². The molecule has 14 heteroatoms. The Kier molecular flexibility index (Phi) is 9.21. The second-order valence-corrected chi connectivity index (χ2v) is 17.8. The lowest BCUT2D eigenvalue weighted by Crippen LogP contribution is -2.50. The molecule has 0 spiro atoms. The van der Waals surface area contributed by atoms with Crippen molar-refractivity contribution in [1.82, 2.24) is 0 Å². The minimum absolute atomic E-state index is 0.0703. The van der Waals surface area contributed by atoms with Gasteiger partial charge in [-0.15, -0.1) is 0 Å². The Morgan fingerprint density at radius 3 is 1.81 bits per heavy atom. The monoisotopic (exact) mass is 708 g/mol. The Morgan fingerprint density at radius 1 is 0.708 bits per heavy atom. The number of ether oxygens (including phenoxy) is 6. The van der Waals surface area contributed by atoms with Crippen molar-refractivity contribution in [2.24, 2.45) is 41.4 Å². The summed E-state index contributed by atoms with van der Waals surface area (Å²) >= 11 is 0. The first-order valence-corrected chi connectivity index (χ1v) is 19.9. The average Bonchev–Trinajstić information content (AvgIpc) is 3.85. The highest BCUT2D eigenvalue weighted by Gasteiger charge is 2.70. The fraction of sp³-hybridized carbons (Fsp3) is 0.824.